The summed E-state index contributed by atoms with van der Waals surface area (Å²) in [6.45, 7) is 8.58. The minimum absolute atomic E-state index is 0.116. The van der Waals surface area contributed by atoms with E-state index in [1.807, 2.05) is 0 Å². The van der Waals surface area contributed by atoms with E-state index >= 15 is 0 Å². The second kappa shape index (κ2) is 5.80. The highest BCUT2D eigenvalue weighted by Crippen LogP contribution is 2.16. The lowest BCUT2D eigenvalue weighted by Gasteiger charge is -2.37. The monoisotopic (exact) mass is 216 g/mol. The highest BCUT2D eigenvalue weighted by Gasteiger charge is 2.30. The Morgan fingerprint density at radius 1 is 1.53 bits per heavy atom. The highest BCUT2D eigenvalue weighted by atomic mass is 16.5. The van der Waals surface area contributed by atoms with Gasteiger partial charge in [0.15, 0.2) is 0 Å². The van der Waals surface area contributed by atoms with E-state index in [0.717, 1.165) is 32.7 Å². The molecule has 0 spiro atoms. The van der Waals surface area contributed by atoms with Crippen LogP contribution in [0, 0.1) is 0 Å². The van der Waals surface area contributed by atoms with Crippen LogP contribution in [0.5, 0.6) is 0 Å². The molecule has 0 aromatic rings. The molecule has 0 amide bonds. The lowest BCUT2D eigenvalue weighted by atomic mass is 10.0. The standard InChI is InChI=1S/C11H24N2O2/c1-11(2)9-12-7-10(14)8-13(11)5-4-6-15-3/h10,12,14H,4-9H2,1-3H3. The summed E-state index contributed by atoms with van der Waals surface area (Å²) >= 11 is 0. The lowest BCUT2D eigenvalue weighted by Crippen LogP contribution is -2.49. The zero-order valence-electron chi connectivity index (χ0n) is 10.1. The van der Waals surface area contributed by atoms with Gasteiger partial charge in [-0.25, -0.2) is 0 Å². The zero-order chi connectivity index (χ0) is 11.3. The Labute approximate surface area is 92.6 Å². The van der Waals surface area contributed by atoms with Gasteiger partial charge in [0, 0.05) is 45.4 Å². The molecule has 4 nitrogen and oxygen atoms in total. The fraction of sp³-hybridized carbons (Fsp3) is 1.00. The van der Waals surface area contributed by atoms with Gasteiger partial charge in [-0.1, -0.05) is 0 Å². The predicted octanol–water partition coefficient (Wildman–Crippen LogP) is 0.0676. The predicted molar refractivity (Wildman–Crippen MR) is 61.0 cm³/mol. The topological polar surface area (TPSA) is 44.7 Å². The number of aliphatic hydroxyl groups is 1. The molecule has 1 unspecified atom stereocenters. The number of methoxy groups -OCH3 is 1. The van der Waals surface area contributed by atoms with E-state index in [4.69, 9.17) is 4.74 Å². The fourth-order valence-corrected chi connectivity index (χ4v) is 2.02. The Bertz CT molecular complexity index is 185. The largest absolute Gasteiger partial charge is 0.390 e. The molecular weight excluding hydrogens is 192 g/mol. The summed E-state index contributed by atoms with van der Waals surface area (Å²) in [5.41, 5.74) is 0.116. The van der Waals surface area contributed by atoms with Gasteiger partial charge in [-0.2, -0.15) is 0 Å². The average Bonchev–Trinajstić information content (AvgIpc) is 2.27. The second-order valence-electron chi connectivity index (χ2n) is 4.89. The molecule has 1 fully saturated rings. The van der Waals surface area contributed by atoms with Crippen LogP contribution in [0.3, 0.4) is 0 Å². The summed E-state index contributed by atoms with van der Waals surface area (Å²) < 4.78 is 5.05. The Balaban J connectivity index is 2.47. The molecule has 1 aliphatic heterocycles. The molecule has 1 heterocycles. The van der Waals surface area contributed by atoms with Gasteiger partial charge in [0.2, 0.25) is 0 Å². The van der Waals surface area contributed by atoms with E-state index in [-0.39, 0.29) is 11.6 Å². The first-order chi connectivity index (χ1) is 7.06. The minimum atomic E-state index is -0.255. The summed E-state index contributed by atoms with van der Waals surface area (Å²) in [5, 5.41) is 13.0. The van der Waals surface area contributed by atoms with E-state index in [1.54, 1.807) is 7.11 Å². The molecule has 4 heteroatoms. The van der Waals surface area contributed by atoms with Crippen LogP contribution in [0.1, 0.15) is 20.3 Å². The summed E-state index contributed by atoms with van der Waals surface area (Å²) in [4.78, 5) is 2.34. The van der Waals surface area contributed by atoms with Crippen LogP contribution in [0.15, 0.2) is 0 Å². The molecule has 0 aliphatic carbocycles. The Morgan fingerprint density at radius 3 is 2.93 bits per heavy atom. The third-order valence-electron chi connectivity index (χ3n) is 3.00. The van der Waals surface area contributed by atoms with Gasteiger partial charge in [0.1, 0.15) is 0 Å². The first-order valence-corrected chi connectivity index (χ1v) is 5.69. The van der Waals surface area contributed by atoms with Crippen molar-refractivity contribution in [2.45, 2.75) is 31.9 Å². The quantitative estimate of drug-likeness (QED) is 0.653. The van der Waals surface area contributed by atoms with Gasteiger partial charge in [-0.05, 0) is 20.3 Å². The molecule has 1 atom stereocenters. The van der Waals surface area contributed by atoms with Crippen molar-refractivity contribution in [3.63, 3.8) is 0 Å². The van der Waals surface area contributed by atoms with Crippen molar-refractivity contribution < 1.29 is 9.84 Å². The van der Waals surface area contributed by atoms with Crippen molar-refractivity contribution in [2.75, 3.05) is 39.9 Å². The summed E-state index contributed by atoms with van der Waals surface area (Å²) in [5.74, 6) is 0. The van der Waals surface area contributed by atoms with Crippen LogP contribution in [-0.2, 0) is 4.74 Å². The number of β-amino-alcohol motifs (C(OH)–C–C–N with tert-alkyl or cyclic N) is 1. The number of nitrogens with one attached hydrogen (secondary N) is 1. The fourth-order valence-electron chi connectivity index (χ4n) is 2.02. The number of aliphatic hydroxyl groups excluding tert-OH is 1. The molecule has 1 saturated heterocycles. The number of hydrogen-bond donors (Lipinski definition) is 2. The van der Waals surface area contributed by atoms with Crippen LogP contribution in [0.4, 0.5) is 0 Å². The molecule has 0 aromatic carbocycles. The average molecular weight is 216 g/mol. The van der Waals surface area contributed by atoms with Crippen LogP contribution in [0.25, 0.3) is 0 Å². The number of nitrogens with zero attached hydrogens (tertiary/aromatic N) is 1. The maximum atomic E-state index is 9.71. The summed E-state index contributed by atoms with van der Waals surface area (Å²) in [7, 11) is 1.73. The van der Waals surface area contributed by atoms with Crippen LogP contribution < -0.4 is 5.32 Å². The van der Waals surface area contributed by atoms with E-state index in [0.29, 0.717) is 6.54 Å². The van der Waals surface area contributed by atoms with Crippen molar-refractivity contribution in [2.24, 2.45) is 0 Å². The molecule has 1 aliphatic rings. The molecule has 90 valence electrons. The molecule has 2 N–H and O–H groups in total. The number of hydrogen-bond acceptors (Lipinski definition) is 4. The van der Waals surface area contributed by atoms with Crippen molar-refractivity contribution in [1.29, 1.82) is 0 Å². The van der Waals surface area contributed by atoms with Crippen molar-refractivity contribution in [1.82, 2.24) is 10.2 Å². The zero-order valence-corrected chi connectivity index (χ0v) is 10.1. The van der Waals surface area contributed by atoms with Crippen molar-refractivity contribution in [3.05, 3.63) is 0 Å². The van der Waals surface area contributed by atoms with Gasteiger partial charge < -0.3 is 15.2 Å². The Kier molecular flexibility index (Phi) is 4.99. The Morgan fingerprint density at radius 2 is 2.27 bits per heavy atom. The molecular formula is C11H24N2O2. The van der Waals surface area contributed by atoms with Gasteiger partial charge in [0.25, 0.3) is 0 Å². The third-order valence-corrected chi connectivity index (χ3v) is 3.00. The van der Waals surface area contributed by atoms with Crippen LogP contribution in [-0.4, -0.2) is 61.5 Å². The molecule has 0 bridgehead atoms. The Hall–Kier alpha value is -0.160. The van der Waals surface area contributed by atoms with Crippen LogP contribution in [0.2, 0.25) is 0 Å². The van der Waals surface area contributed by atoms with Crippen molar-refractivity contribution in [3.8, 4) is 0 Å². The molecule has 0 aromatic heterocycles. The maximum Gasteiger partial charge on any atom is 0.0791 e. The van der Waals surface area contributed by atoms with Gasteiger partial charge >= 0.3 is 0 Å². The van der Waals surface area contributed by atoms with Gasteiger partial charge in [-0.3, -0.25) is 4.90 Å². The smallest absolute Gasteiger partial charge is 0.0791 e. The number of rotatable bonds is 4. The van der Waals surface area contributed by atoms with Gasteiger partial charge in [-0.15, -0.1) is 0 Å². The van der Waals surface area contributed by atoms with E-state index < -0.39 is 0 Å². The molecule has 0 radical (unpaired) electrons. The highest BCUT2D eigenvalue weighted by molar-refractivity contribution is 4.88. The lowest BCUT2D eigenvalue weighted by molar-refractivity contribution is 0.0675. The summed E-state index contributed by atoms with van der Waals surface area (Å²) in [6, 6.07) is 0. The summed E-state index contributed by atoms with van der Waals surface area (Å²) in [6.07, 6.45) is 0.765. The maximum absolute atomic E-state index is 9.71. The molecule has 1 rings (SSSR count). The third kappa shape index (κ3) is 4.07. The van der Waals surface area contributed by atoms with E-state index in [2.05, 4.69) is 24.1 Å². The SMILES string of the molecule is COCCCN1CC(O)CNCC1(C)C. The van der Waals surface area contributed by atoms with E-state index in [1.165, 1.54) is 0 Å². The minimum Gasteiger partial charge on any atom is -0.390 e. The van der Waals surface area contributed by atoms with Crippen molar-refractivity contribution >= 4 is 0 Å². The van der Waals surface area contributed by atoms with Gasteiger partial charge in [0.05, 0.1) is 6.10 Å². The number of ether oxygens (including phenoxy) is 1. The molecule has 0 saturated carbocycles. The van der Waals surface area contributed by atoms with E-state index in [9.17, 15) is 5.11 Å². The molecule has 15 heavy (non-hydrogen) atoms. The second-order valence-corrected chi connectivity index (χ2v) is 4.89. The van der Waals surface area contributed by atoms with Crippen LogP contribution >= 0.6 is 0 Å². The first kappa shape index (κ1) is 12.9. The normalized spacial score (nSPS) is 27.6. The first-order valence-electron chi connectivity index (χ1n) is 5.69.